The van der Waals surface area contributed by atoms with Crippen LogP contribution in [0.2, 0.25) is 0 Å². The third-order valence-corrected chi connectivity index (χ3v) is 2.74. The standard InChI is InChI=1S/C9H11BrN2O2/c1-5-9(13)12(2)6-3-4-7(10)11-8(6)14-5/h3-5,9,13H,1-2H3. The van der Waals surface area contributed by atoms with Crippen LogP contribution in [0.3, 0.4) is 0 Å². The molecular formula is C9H11BrN2O2. The predicted octanol–water partition coefficient (Wildman–Crippen LogP) is 1.38. The molecule has 1 aromatic heterocycles. The molecule has 14 heavy (non-hydrogen) atoms. The number of likely N-dealkylation sites (N-methyl/N-ethyl adjacent to an activating group) is 1. The average Bonchev–Trinajstić information content (AvgIpc) is 2.14. The van der Waals surface area contributed by atoms with Crippen molar-refractivity contribution in [2.24, 2.45) is 0 Å². The Morgan fingerprint density at radius 2 is 2.29 bits per heavy atom. The number of aliphatic hydroxyl groups is 1. The Kier molecular flexibility index (Phi) is 2.36. The second kappa shape index (κ2) is 3.40. The molecule has 0 aliphatic carbocycles. The third kappa shape index (κ3) is 1.46. The zero-order valence-corrected chi connectivity index (χ0v) is 9.52. The SMILES string of the molecule is CC1Oc2nc(Br)ccc2N(C)C1O. The second-order valence-electron chi connectivity index (χ2n) is 3.31. The molecule has 0 saturated carbocycles. The lowest BCUT2D eigenvalue weighted by Gasteiger charge is -2.35. The van der Waals surface area contributed by atoms with Gasteiger partial charge in [-0.05, 0) is 35.0 Å². The molecule has 4 nitrogen and oxygen atoms in total. The molecule has 0 amide bonds. The van der Waals surface area contributed by atoms with E-state index < -0.39 is 6.23 Å². The molecule has 0 aromatic carbocycles. The van der Waals surface area contributed by atoms with Gasteiger partial charge in [0.2, 0.25) is 5.88 Å². The average molecular weight is 259 g/mol. The van der Waals surface area contributed by atoms with Crippen LogP contribution in [0, 0.1) is 0 Å². The summed E-state index contributed by atoms with van der Waals surface area (Å²) < 4.78 is 6.19. The van der Waals surface area contributed by atoms with E-state index in [0.29, 0.717) is 5.88 Å². The highest BCUT2D eigenvalue weighted by Crippen LogP contribution is 2.33. The van der Waals surface area contributed by atoms with Gasteiger partial charge in [-0.25, -0.2) is 4.98 Å². The zero-order chi connectivity index (χ0) is 10.3. The topological polar surface area (TPSA) is 45.6 Å². The van der Waals surface area contributed by atoms with Crippen molar-refractivity contribution in [1.82, 2.24) is 4.98 Å². The number of aromatic nitrogens is 1. The number of ether oxygens (including phenoxy) is 1. The lowest BCUT2D eigenvalue weighted by Crippen LogP contribution is -2.46. The van der Waals surface area contributed by atoms with Crippen molar-refractivity contribution in [3.8, 4) is 5.88 Å². The van der Waals surface area contributed by atoms with Gasteiger partial charge >= 0.3 is 0 Å². The molecule has 2 atom stereocenters. The maximum atomic E-state index is 9.72. The van der Waals surface area contributed by atoms with E-state index in [2.05, 4.69) is 20.9 Å². The van der Waals surface area contributed by atoms with E-state index in [1.165, 1.54) is 0 Å². The van der Waals surface area contributed by atoms with E-state index >= 15 is 0 Å². The molecule has 0 spiro atoms. The number of halogens is 1. The van der Waals surface area contributed by atoms with Gasteiger partial charge in [-0.15, -0.1) is 0 Å². The molecule has 0 bridgehead atoms. The van der Waals surface area contributed by atoms with Gasteiger partial charge in [-0.1, -0.05) is 0 Å². The lowest BCUT2D eigenvalue weighted by molar-refractivity contribution is 0.0332. The van der Waals surface area contributed by atoms with Crippen molar-refractivity contribution in [2.45, 2.75) is 19.3 Å². The van der Waals surface area contributed by atoms with Gasteiger partial charge in [0.25, 0.3) is 0 Å². The summed E-state index contributed by atoms with van der Waals surface area (Å²) in [6, 6.07) is 3.68. The minimum absolute atomic E-state index is 0.269. The van der Waals surface area contributed by atoms with Crippen LogP contribution in [0.1, 0.15) is 6.92 Å². The molecular weight excluding hydrogens is 248 g/mol. The van der Waals surface area contributed by atoms with Crippen LogP contribution in [-0.2, 0) is 0 Å². The number of fused-ring (bicyclic) bond motifs is 1. The Hall–Kier alpha value is -0.810. The Labute approximate surface area is 90.6 Å². The molecule has 1 N–H and O–H groups in total. The van der Waals surface area contributed by atoms with Crippen LogP contribution in [0.25, 0.3) is 0 Å². The molecule has 2 rings (SSSR count). The third-order valence-electron chi connectivity index (χ3n) is 2.30. The summed E-state index contributed by atoms with van der Waals surface area (Å²) in [6.07, 6.45) is -0.889. The highest BCUT2D eigenvalue weighted by molar-refractivity contribution is 9.10. The van der Waals surface area contributed by atoms with Crippen LogP contribution in [-0.4, -0.2) is 29.5 Å². The van der Waals surface area contributed by atoms with Crippen molar-refractivity contribution in [3.05, 3.63) is 16.7 Å². The van der Waals surface area contributed by atoms with Gasteiger partial charge in [0, 0.05) is 7.05 Å². The minimum atomic E-state index is -0.620. The Morgan fingerprint density at radius 3 is 3.00 bits per heavy atom. The van der Waals surface area contributed by atoms with Crippen molar-refractivity contribution < 1.29 is 9.84 Å². The largest absolute Gasteiger partial charge is 0.468 e. The number of pyridine rings is 1. The molecule has 2 unspecified atom stereocenters. The normalized spacial score (nSPS) is 25.6. The molecule has 1 aliphatic heterocycles. The summed E-state index contributed by atoms with van der Waals surface area (Å²) in [5, 5.41) is 9.72. The smallest absolute Gasteiger partial charge is 0.239 e. The van der Waals surface area contributed by atoms with E-state index in [-0.39, 0.29) is 6.10 Å². The van der Waals surface area contributed by atoms with E-state index in [4.69, 9.17) is 4.74 Å². The first-order valence-corrected chi connectivity index (χ1v) is 5.13. The molecule has 0 radical (unpaired) electrons. The summed E-state index contributed by atoms with van der Waals surface area (Å²) in [6.45, 7) is 1.81. The summed E-state index contributed by atoms with van der Waals surface area (Å²) in [7, 11) is 1.82. The van der Waals surface area contributed by atoms with E-state index in [1.54, 1.807) is 4.90 Å². The Morgan fingerprint density at radius 1 is 1.57 bits per heavy atom. The first-order valence-electron chi connectivity index (χ1n) is 4.33. The zero-order valence-electron chi connectivity index (χ0n) is 7.94. The van der Waals surface area contributed by atoms with E-state index in [9.17, 15) is 5.11 Å². The fraction of sp³-hybridized carbons (Fsp3) is 0.444. The number of aliphatic hydroxyl groups excluding tert-OH is 1. The van der Waals surface area contributed by atoms with Gasteiger partial charge in [-0.3, -0.25) is 0 Å². The molecule has 0 saturated heterocycles. The summed E-state index contributed by atoms with van der Waals surface area (Å²) in [5.74, 6) is 0.555. The van der Waals surface area contributed by atoms with Crippen molar-refractivity contribution in [1.29, 1.82) is 0 Å². The van der Waals surface area contributed by atoms with E-state index in [1.807, 2.05) is 26.1 Å². The molecule has 0 fully saturated rings. The fourth-order valence-corrected chi connectivity index (χ4v) is 1.75. The van der Waals surface area contributed by atoms with Gasteiger partial charge < -0.3 is 14.7 Å². The van der Waals surface area contributed by atoms with Crippen molar-refractivity contribution >= 4 is 21.6 Å². The first-order chi connectivity index (χ1) is 6.59. The van der Waals surface area contributed by atoms with E-state index in [0.717, 1.165) is 10.3 Å². The second-order valence-corrected chi connectivity index (χ2v) is 4.12. The van der Waals surface area contributed by atoms with Crippen LogP contribution < -0.4 is 9.64 Å². The molecule has 1 aromatic rings. The van der Waals surface area contributed by atoms with Crippen LogP contribution >= 0.6 is 15.9 Å². The molecule has 76 valence electrons. The van der Waals surface area contributed by atoms with Gasteiger partial charge in [0.1, 0.15) is 16.4 Å². The number of anilines is 1. The number of hydrogen-bond donors (Lipinski definition) is 1. The summed E-state index contributed by atoms with van der Waals surface area (Å²) in [4.78, 5) is 5.94. The van der Waals surface area contributed by atoms with Crippen molar-refractivity contribution in [3.63, 3.8) is 0 Å². The highest BCUT2D eigenvalue weighted by atomic mass is 79.9. The van der Waals surface area contributed by atoms with Crippen LogP contribution in [0.4, 0.5) is 5.69 Å². The number of rotatable bonds is 0. The van der Waals surface area contributed by atoms with Crippen LogP contribution in [0.5, 0.6) is 5.88 Å². The minimum Gasteiger partial charge on any atom is -0.468 e. The predicted molar refractivity (Wildman–Crippen MR) is 56.4 cm³/mol. The van der Waals surface area contributed by atoms with Crippen molar-refractivity contribution in [2.75, 3.05) is 11.9 Å². The quantitative estimate of drug-likeness (QED) is 0.715. The number of hydrogen-bond acceptors (Lipinski definition) is 4. The van der Waals surface area contributed by atoms with Crippen LogP contribution in [0.15, 0.2) is 16.7 Å². The molecule has 2 heterocycles. The Bertz CT molecular complexity index is 359. The highest BCUT2D eigenvalue weighted by Gasteiger charge is 2.29. The summed E-state index contributed by atoms with van der Waals surface area (Å²) >= 11 is 3.27. The van der Waals surface area contributed by atoms with Gasteiger partial charge in [-0.2, -0.15) is 0 Å². The maximum Gasteiger partial charge on any atom is 0.239 e. The molecule has 1 aliphatic rings. The van der Waals surface area contributed by atoms with Gasteiger partial charge in [0.05, 0.1) is 0 Å². The molecule has 5 heteroatoms. The Balaban J connectivity index is 2.45. The maximum absolute atomic E-state index is 9.72. The monoisotopic (exact) mass is 258 g/mol. The first kappa shape index (κ1) is 9.73. The lowest BCUT2D eigenvalue weighted by atomic mass is 10.2. The fourth-order valence-electron chi connectivity index (χ4n) is 1.46. The summed E-state index contributed by atoms with van der Waals surface area (Å²) in [5.41, 5.74) is 0.804. The number of nitrogens with zero attached hydrogens (tertiary/aromatic N) is 2. The van der Waals surface area contributed by atoms with Gasteiger partial charge in [0.15, 0.2) is 6.23 Å².